The normalized spacial score (nSPS) is 11.5. The third kappa shape index (κ3) is 12.4. The minimum atomic E-state index is 0.108. The molecule has 0 aromatic heterocycles. The number of hydrogen-bond donors (Lipinski definition) is 0. The maximum atomic E-state index is 11.0. The van der Waals surface area contributed by atoms with Crippen LogP contribution < -0.4 is 0 Å². The molecule has 0 atom stereocenters. The second kappa shape index (κ2) is 15.9. The lowest BCUT2D eigenvalue weighted by Crippen LogP contribution is -2.01. The number of allylic oxidation sites excluding steroid dienone is 2. The highest BCUT2D eigenvalue weighted by molar-refractivity contribution is 5.69. The van der Waals surface area contributed by atoms with E-state index in [0.29, 0.717) is 12.4 Å². The number of benzene rings is 1. The van der Waals surface area contributed by atoms with Crippen molar-refractivity contribution in [1.29, 1.82) is 0 Å². The fourth-order valence-electron chi connectivity index (χ4n) is 2.68. The van der Waals surface area contributed by atoms with Gasteiger partial charge in [-0.1, -0.05) is 88.6 Å². The van der Waals surface area contributed by atoms with E-state index in [-0.39, 0.29) is 6.79 Å². The molecular weight excluding hydrogens is 312 g/mol. The molecule has 1 aromatic carbocycles. The van der Waals surface area contributed by atoms with Gasteiger partial charge in [0.25, 0.3) is 0 Å². The molecule has 3 nitrogen and oxygen atoms in total. The van der Waals surface area contributed by atoms with E-state index in [0.717, 1.165) is 24.7 Å². The van der Waals surface area contributed by atoms with Crippen molar-refractivity contribution in [1.82, 2.24) is 0 Å². The van der Waals surface area contributed by atoms with E-state index >= 15 is 0 Å². The molecule has 3 heteroatoms. The zero-order valence-corrected chi connectivity index (χ0v) is 15.8. The second-order valence-corrected chi connectivity index (χ2v) is 6.44. The number of ether oxygens (including phenoxy) is 2. The maximum Gasteiger partial charge on any atom is 0.189 e. The lowest BCUT2D eigenvalue weighted by atomic mass is 10.1. The Hall–Kier alpha value is -1.61. The van der Waals surface area contributed by atoms with Gasteiger partial charge in [0.2, 0.25) is 0 Å². The van der Waals surface area contributed by atoms with Gasteiger partial charge in [-0.05, 0) is 24.5 Å². The number of carbonyl (C=O) groups excluding carboxylic acids is 1. The SMILES string of the molecule is CCCCCCCCCCCC=C(C=O)OCOCc1ccccc1. The molecule has 0 aliphatic carbocycles. The van der Waals surface area contributed by atoms with Gasteiger partial charge >= 0.3 is 0 Å². The fraction of sp³-hybridized carbons (Fsp3) is 0.591. The van der Waals surface area contributed by atoms with Crippen LogP contribution in [0.15, 0.2) is 42.2 Å². The molecule has 1 rings (SSSR count). The molecule has 0 aliphatic rings. The van der Waals surface area contributed by atoms with E-state index in [4.69, 9.17) is 9.47 Å². The summed E-state index contributed by atoms with van der Waals surface area (Å²) >= 11 is 0. The summed E-state index contributed by atoms with van der Waals surface area (Å²) < 4.78 is 10.8. The Kier molecular flexibility index (Phi) is 13.6. The molecule has 0 radical (unpaired) electrons. The molecule has 0 spiro atoms. The summed E-state index contributed by atoms with van der Waals surface area (Å²) in [6.45, 7) is 2.85. The summed E-state index contributed by atoms with van der Waals surface area (Å²) in [5.74, 6) is 0.382. The van der Waals surface area contributed by atoms with E-state index in [2.05, 4.69) is 6.92 Å². The van der Waals surface area contributed by atoms with Crippen molar-refractivity contribution in [3.05, 3.63) is 47.7 Å². The molecule has 25 heavy (non-hydrogen) atoms. The minimum absolute atomic E-state index is 0.108. The molecule has 0 amide bonds. The van der Waals surface area contributed by atoms with Crippen LogP contribution in [-0.2, 0) is 20.9 Å². The number of hydrogen-bond acceptors (Lipinski definition) is 3. The van der Waals surface area contributed by atoms with Crippen LogP contribution in [0.25, 0.3) is 0 Å². The van der Waals surface area contributed by atoms with Gasteiger partial charge in [-0.15, -0.1) is 0 Å². The van der Waals surface area contributed by atoms with E-state index in [1.54, 1.807) is 0 Å². The van der Waals surface area contributed by atoms with E-state index in [1.165, 1.54) is 51.4 Å². The molecule has 0 bridgehead atoms. The summed E-state index contributed by atoms with van der Waals surface area (Å²) in [6.07, 6.45) is 15.3. The van der Waals surface area contributed by atoms with Crippen molar-refractivity contribution < 1.29 is 14.3 Å². The van der Waals surface area contributed by atoms with Gasteiger partial charge in [-0.3, -0.25) is 4.79 Å². The zero-order chi connectivity index (χ0) is 18.0. The minimum Gasteiger partial charge on any atom is -0.464 e. The summed E-state index contributed by atoms with van der Waals surface area (Å²) in [6, 6.07) is 9.92. The van der Waals surface area contributed by atoms with Crippen molar-refractivity contribution in [2.24, 2.45) is 0 Å². The van der Waals surface area contributed by atoms with Crippen LogP contribution in [0, 0.1) is 0 Å². The lowest BCUT2D eigenvalue weighted by Gasteiger charge is -2.07. The Balaban J connectivity index is 1.99. The standard InChI is InChI=1S/C22H34O3/c1-2-3-4-5-6-7-8-9-10-14-17-22(18-23)25-20-24-19-21-15-12-11-13-16-21/h11-13,15-18H,2-10,14,19-20H2,1H3. The first-order chi connectivity index (χ1) is 12.4. The Morgan fingerprint density at radius 1 is 0.920 bits per heavy atom. The van der Waals surface area contributed by atoms with Crippen LogP contribution in [0.4, 0.5) is 0 Å². The summed E-state index contributed by atoms with van der Waals surface area (Å²) in [5.41, 5.74) is 1.09. The summed E-state index contributed by atoms with van der Waals surface area (Å²) in [7, 11) is 0. The third-order valence-corrected chi connectivity index (χ3v) is 4.19. The van der Waals surface area contributed by atoms with Gasteiger partial charge in [0, 0.05) is 0 Å². The Morgan fingerprint density at radius 3 is 2.20 bits per heavy atom. The largest absolute Gasteiger partial charge is 0.464 e. The van der Waals surface area contributed by atoms with Crippen molar-refractivity contribution in [3.63, 3.8) is 0 Å². The van der Waals surface area contributed by atoms with Crippen LogP contribution >= 0.6 is 0 Å². The zero-order valence-electron chi connectivity index (χ0n) is 15.8. The van der Waals surface area contributed by atoms with Gasteiger partial charge < -0.3 is 9.47 Å². The van der Waals surface area contributed by atoms with Crippen LogP contribution in [0.3, 0.4) is 0 Å². The van der Waals surface area contributed by atoms with Gasteiger partial charge in [-0.2, -0.15) is 0 Å². The Morgan fingerprint density at radius 2 is 1.56 bits per heavy atom. The first kappa shape index (κ1) is 21.4. The highest BCUT2D eigenvalue weighted by Gasteiger charge is 1.98. The van der Waals surface area contributed by atoms with Crippen molar-refractivity contribution in [3.8, 4) is 0 Å². The average Bonchev–Trinajstić information content (AvgIpc) is 2.65. The fourth-order valence-corrected chi connectivity index (χ4v) is 2.68. The molecule has 0 N–H and O–H groups in total. The molecular formula is C22H34O3. The second-order valence-electron chi connectivity index (χ2n) is 6.44. The predicted octanol–water partition coefficient (Wildman–Crippen LogP) is 6.18. The third-order valence-electron chi connectivity index (χ3n) is 4.19. The van der Waals surface area contributed by atoms with Crippen LogP contribution in [0.5, 0.6) is 0 Å². The van der Waals surface area contributed by atoms with E-state index in [9.17, 15) is 4.79 Å². The van der Waals surface area contributed by atoms with Gasteiger partial charge in [0.1, 0.15) is 0 Å². The predicted molar refractivity (Wildman–Crippen MR) is 103 cm³/mol. The van der Waals surface area contributed by atoms with Crippen LogP contribution in [-0.4, -0.2) is 13.1 Å². The van der Waals surface area contributed by atoms with Gasteiger partial charge in [0.15, 0.2) is 18.8 Å². The van der Waals surface area contributed by atoms with Crippen molar-refractivity contribution in [2.45, 2.75) is 77.7 Å². The monoisotopic (exact) mass is 346 g/mol. The number of aldehydes is 1. The van der Waals surface area contributed by atoms with Crippen molar-refractivity contribution >= 4 is 6.29 Å². The Bertz CT molecular complexity index is 454. The quantitative estimate of drug-likeness (QED) is 0.118. The average molecular weight is 347 g/mol. The van der Waals surface area contributed by atoms with E-state index in [1.807, 2.05) is 36.4 Å². The Labute approximate surface area is 153 Å². The van der Waals surface area contributed by atoms with Crippen molar-refractivity contribution in [2.75, 3.05) is 6.79 Å². The highest BCUT2D eigenvalue weighted by Crippen LogP contribution is 2.11. The molecule has 0 unspecified atom stereocenters. The molecule has 0 saturated heterocycles. The molecule has 1 aromatic rings. The van der Waals surface area contributed by atoms with Crippen LogP contribution in [0.2, 0.25) is 0 Å². The first-order valence-electron chi connectivity index (χ1n) is 9.76. The number of unbranched alkanes of at least 4 members (excludes halogenated alkanes) is 9. The smallest absolute Gasteiger partial charge is 0.189 e. The molecule has 0 fully saturated rings. The lowest BCUT2D eigenvalue weighted by molar-refractivity contribution is -0.111. The number of carbonyl (C=O) groups is 1. The topological polar surface area (TPSA) is 35.5 Å². The highest BCUT2D eigenvalue weighted by atomic mass is 16.7. The molecule has 140 valence electrons. The first-order valence-corrected chi connectivity index (χ1v) is 9.76. The maximum absolute atomic E-state index is 11.0. The van der Waals surface area contributed by atoms with E-state index < -0.39 is 0 Å². The van der Waals surface area contributed by atoms with Gasteiger partial charge in [-0.25, -0.2) is 0 Å². The molecule has 0 saturated carbocycles. The molecule has 0 aliphatic heterocycles. The van der Waals surface area contributed by atoms with Crippen LogP contribution in [0.1, 0.15) is 76.7 Å². The molecule has 0 heterocycles. The summed E-state index contributed by atoms with van der Waals surface area (Å²) in [4.78, 5) is 11.0. The number of rotatable bonds is 16. The van der Waals surface area contributed by atoms with Gasteiger partial charge in [0.05, 0.1) is 6.61 Å². The summed E-state index contributed by atoms with van der Waals surface area (Å²) in [5, 5.41) is 0.